The number of rotatable bonds is 4. The monoisotopic (exact) mass is 512 g/mol. The molecule has 27 heavy (non-hydrogen) atoms. The van der Waals surface area contributed by atoms with E-state index in [2.05, 4.69) is 22.6 Å². The van der Waals surface area contributed by atoms with Gasteiger partial charge < -0.3 is 4.74 Å². The van der Waals surface area contributed by atoms with Crippen molar-refractivity contribution in [1.29, 1.82) is 0 Å². The normalized spacial score (nSPS) is 16.8. The van der Waals surface area contributed by atoms with E-state index < -0.39 is 0 Å². The number of thiazole rings is 1. The Morgan fingerprint density at radius 1 is 1.37 bits per heavy atom. The summed E-state index contributed by atoms with van der Waals surface area (Å²) in [5.74, 6) is -0.0432. The van der Waals surface area contributed by atoms with E-state index in [-0.39, 0.29) is 12.0 Å². The van der Waals surface area contributed by atoms with Crippen LogP contribution in [0.3, 0.4) is 0 Å². The molecule has 7 heteroatoms. The summed E-state index contributed by atoms with van der Waals surface area (Å²) in [5.41, 5.74) is 2.48. The zero-order chi connectivity index (χ0) is 19.0. The van der Waals surface area contributed by atoms with Gasteiger partial charge in [-0.2, -0.15) is 0 Å². The van der Waals surface area contributed by atoms with Gasteiger partial charge >= 0.3 is 0 Å². The first-order chi connectivity index (χ1) is 13.0. The summed E-state index contributed by atoms with van der Waals surface area (Å²) in [7, 11) is 0. The summed E-state index contributed by atoms with van der Waals surface area (Å²) in [4.78, 5) is 19.9. The molecule has 1 aliphatic heterocycles. The van der Waals surface area contributed by atoms with Gasteiger partial charge in [-0.25, -0.2) is 4.98 Å². The predicted octanol–water partition coefficient (Wildman–Crippen LogP) is 5.69. The smallest absolute Gasteiger partial charge is 0.261 e. The molecule has 0 spiro atoms. The van der Waals surface area contributed by atoms with Gasteiger partial charge in [-0.05, 0) is 72.2 Å². The molecule has 0 aliphatic carbocycles. The molecular weight excluding hydrogens is 495 g/mol. The van der Waals surface area contributed by atoms with Crippen molar-refractivity contribution < 1.29 is 9.53 Å². The van der Waals surface area contributed by atoms with E-state index >= 15 is 0 Å². The van der Waals surface area contributed by atoms with Crippen LogP contribution in [0.5, 0.6) is 0 Å². The molecule has 2 heterocycles. The first-order valence-electron chi connectivity index (χ1n) is 8.78. The van der Waals surface area contributed by atoms with Crippen LogP contribution in [0.1, 0.15) is 28.8 Å². The molecule has 4 nitrogen and oxygen atoms in total. The number of hydrogen-bond acceptors (Lipinski definition) is 4. The lowest BCUT2D eigenvalue weighted by Gasteiger charge is -2.23. The first kappa shape index (κ1) is 19.1. The summed E-state index contributed by atoms with van der Waals surface area (Å²) in [6.07, 6.45) is 2.04. The second-order valence-electron chi connectivity index (χ2n) is 6.55. The van der Waals surface area contributed by atoms with E-state index in [9.17, 15) is 4.79 Å². The van der Waals surface area contributed by atoms with Crippen LogP contribution in [0.2, 0.25) is 5.02 Å². The number of aryl methyl sites for hydroxylation is 1. The molecule has 1 fully saturated rings. The van der Waals surface area contributed by atoms with Crippen molar-refractivity contribution in [2.45, 2.75) is 25.9 Å². The van der Waals surface area contributed by atoms with Crippen molar-refractivity contribution in [3.05, 3.63) is 56.1 Å². The van der Waals surface area contributed by atoms with E-state index in [1.807, 2.05) is 43.3 Å². The largest absolute Gasteiger partial charge is 0.376 e. The summed E-state index contributed by atoms with van der Waals surface area (Å²) in [6, 6.07) is 11.5. The van der Waals surface area contributed by atoms with Gasteiger partial charge in [-0.15, -0.1) is 0 Å². The van der Waals surface area contributed by atoms with Crippen LogP contribution in [0, 0.1) is 10.5 Å². The number of amides is 1. The Hall–Kier alpha value is -1.22. The molecule has 1 aromatic heterocycles. The highest BCUT2D eigenvalue weighted by Gasteiger charge is 2.28. The fourth-order valence-electron chi connectivity index (χ4n) is 3.22. The van der Waals surface area contributed by atoms with Gasteiger partial charge in [0.1, 0.15) is 0 Å². The summed E-state index contributed by atoms with van der Waals surface area (Å²) < 4.78 is 7.75. The second-order valence-corrected chi connectivity index (χ2v) is 9.12. The Morgan fingerprint density at radius 3 is 2.93 bits per heavy atom. The molecule has 140 valence electrons. The number of halogens is 2. The molecule has 0 N–H and O–H groups in total. The predicted molar refractivity (Wildman–Crippen MR) is 119 cm³/mol. The van der Waals surface area contributed by atoms with Gasteiger partial charge in [-0.3, -0.25) is 9.69 Å². The quantitative estimate of drug-likeness (QED) is 0.422. The fourth-order valence-corrected chi connectivity index (χ4v) is 5.03. The highest BCUT2D eigenvalue weighted by Crippen LogP contribution is 2.35. The number of anilines is 1. The molecule has 0 saturated carbocycles. The zero-order valence-corrected chi connectivity index (χ0v) is 18.5. The Kier molecular flexibility index (Phi) is 5.68. The highest BCUT2D eigenvalue weighted by molar-refractivity contribution is 14.1. The summed E-state index contributed by atoms with van der Waals surface area (Å²) in [6.45, 7) is 3.22. The molecule has 1 unspecified atom stereocenters. The molecule has 2 aromatic carbocycles. The van der Waals surface area contributed by atoms with Crippen molar-refractivity contribution in [1.82, 2.24) is 4.98 Å². The van der Waals surface area contributed by atoms with E-state index in [0.717, 1.165) is 38.8 Å². The van der Waals surface area contributed by atoms with Crippen molar-refractivity contribution in [3.63, 3.8) is 0 Å². The summed E-state index contributed by atoms with van der Waals surface area (Å²) >= 11 is 9.98. The van der Waals surface area contributed by atoms with Crippen molar-refractivity contribution in [2.24, 2.45) is 0 Å². The van der Waals surface area contributed by atoms with Gasteiger partial charge in [0.15, 0.2) is 5.13 Å². The van der Waals surface area contributed by atoms with E-state index in [4.69, 9.17) is 21.3 Å². The SMILES string of the molecule is Cc1c(Cl)ccc2sc(N(CC3CCCO3)C(=O)c3ccccc3I)nc12. The number of ether oxygens (including phenoxy) is 1. The maximum Gasteiger partial charge on any atom is 0.261 e. The number of carbonyl (C=O) groups is 1. The van der Waals surface area contributed by atoms with Crippen molar-refractivity contribution in [3.8, 4) is 0 Å². The van der Waals surface area contributed by atoms with E-state index in [0.29, 0.717) is 22.3 Å². The number of fused-ring (bicyclic) bond motifs is 1. The molecule has 1 amide bonds. The topological polar surface area (TPSA) is 42.4 Å². The Bertz CT molecular complexity index is 1000. The highest BCUT2D eigenvalue weighted by atomic mass is 127. The number of benzene rings is 2. The molecule has 1 saturated heterocycles. The minimum atomic E-state index is -0.0432. The minimum absolute atomic E-state index is 0.0432. The molecule has 3 aromatic rings. The van der Waals surface area contributed by atoms with Crippen LogP contribution < -0.4 is 4.90 Å². The lowest BCUT2D eigenvalue weighted by Crippen LogP contribution is -2.37. The lowest BCUT2D eigenvalue weighted by atomic mass is 10.2. The molecule has 1 atom stereocenters. The van der Waals surface area contributed by atoms with E-state index in [1.165, 1.54) is 11.3 Å². The Balaban J connectivity index is 1.76. The number of nitrogens with zero attached hydrogens (tertiary/aromatic N) is 2. The molecule has 4 rings (SSSR count). The van der Waals surface area contributed by atoms with Crippen LogP contribution >= 0.6 is 45.5 Å². The van der Waals surface area contributed by atoms with Crippen LogP contribution in [0.25, 0.3) is 10.2 Å². The van der Waals surface area contributed by atoms with Crippen LogP contribution in [0.4, 0.5) is 5.13 Å². The van der Waals surface area contributed by atoms with E-state index in [1.54, 1.807) is 4.90 Å². The average molecular weight is 513 g/mol. The third-order valence-electron chi connectivity index (χ3n) is 4.73. The van der Waals surface area contributed by atoms with Gasteiger partial charge in [-0.1, -0.05) is 35.1 Å². The molecule has 0 radical (unpaired) electrons. The van der Waals surface area contributed by atoms with Crippen LogP contribution in [-0.4, -0.2) is 30.1 Å². The first-order valence-corrected chi connectivity index (χ1v) is 11.1. The number of aromatic nitrogens is 1. The molecule has 0 bridgehead atoms. The Labute approximate surface area is 180 Å². The third kappa shape index (κ3) is 3.85. The van der Waals surface area contributed by atoms with Gasteiger partial charge in [0.2, 0.25) is 0 Å². The standard InChI is InChI=1S/C20H18ClIN2O2S/c1-12-15(21)8-9-17-18(12)23-20(27-17)24(11-13-5-4-10-26-13)19(25)14-6-2-3-7-16(14)22/h2-3,6-9,13H,4-5,10-11H2,1H3. The van der Waals surface area contributed by atoms with Crippen molar-refractivity contribution in [2.75, 3.05) is 18.1 Å². The zero-order valence-electron chi connectivity index (χ0n) is 14.7. The fraction of sp³-hybridized carbons (Fsp3) is 0.300. The second kappa shape index (κ2) is 8.03. The number of carbonyl (C=O) groups excluding carboxylic acids is 1. The Morgan fingerprint density at radius 2 is 2.19 bits per heavy atom. The maximum absolute atomic E-state index is 13.4. The molecular formula is C20H18ClIN2O2S. The van der Waals surface area contributed by atoms with Crippen molar-refractivity contribution >= 4 is 66.8 Å². The minimum Gasteiger partial charge on any atom is -0.376 e. The average Bonchev–Trinajstić information content (AvgIpc) is 3.32. The van der Waals surface area contributed by atoms with Gasteiger partial charge in [0, 0.05) is 15.2 Å². The summed E-state index contributed by atoms with van der Waals surface area (Å²) in [5, 5.41) is 1.38. The third-order valence-corrected chi connectivity index (χ3v) is 7.12. The molecule has 1 aliphatic rings. The van der Waals surface area contributed by atoms with Gasteiger partial charge in [0.05, 0.1) is 28.4 Å². The maximum atomic E-state index is 13.4. The number of hydrogen-bond donors (Lipinski definition) is 0. The lowest BCUT2D eigenvalue weighted by molar-refractivity contribution is 0.0916. The van der Waals surface area contributed by atoms with Crippen LogP contribution in [0.15, 0.2) is 36.4 Å². The van der Waals surface area contributed by atoms with Gasteiger partial charge in [0.25, 0.3) is 5.91 Å². The van der Waals surface area contributed by atoms with Crippen LogP contribution in [-0.2, 0) is 4.74 Å².